The van der Waals surface area contributed by atoms with E-state index in [0.717, 1.165) is 37.1 Å². The van der Waals surface area contributed by atoms with Crippen molar-refractivity contribution < 1.29 is 9.59 Å². The summed E-state index contributed by atoms with van der Waals surface area (Å²) >= 11 is 0. The van der Waals surface area contributed by atoms with Crippen molar-refractivity contribution in [3.63, 3.8) is 0 Å². The first-order valence-electron chi connectivity index (χ1n) is 9.77. The van der Waals surface area contributed by atoms with Crippen LogP contribution in [0.3, 0.4) is 0 Å². The molecule has 0 aliphatic carbocycles. The van der Waals surface area contributed by atoms with Crippen LogP contribution in [0.2, 0.25) is 0 Å². The van der Waals surface area contributed by atoms with Gasteiger partial charge in [-0.15, -0.1) is 24.8 Å². The second kappa shape index (κ2) is 12.5. The average molecular weight is 453 g/mol. The van der Waals surface area contributed by atoms with E-state index in [1.54, 1.807) is 6.07 Å². The van der Waals surface area contributed by atoms with E-state index in [1.165, 1.54) is 6.42 Å². The standard InChI is InChI=1S/C22H28N4O2.2ClH/c1-16-10-11-18(24-22(28)21(23)17-8-4-2-5-9-17)14-19(16)25-20(27)15-26-12-6-3-7-13-26;;/h2,4-5,8-11,14,21H,3,6-7,12-13,15,23H2,1H3,(H,24,28)(H,25,27);2*1H. The Morgan fingerprint density at radius 1 is 1.00 bits per heavy atom. The number of carbonyl (C=O) groups is 2. The number of halogens is 2. The Hall–Kier alpha value is -2.12. The minimum atomic E-state index is -0.750. The lowest BCUT2D eigenvalue weighted by atomic mass is 10.1. The Balaban J connectivity index is 0.00000225. The van der Waals surface area contributed by atoms with Crippen molar-refractivity contribution in [1.82, 2.24) is 4.90 Å². The summed E-state index contributed by atoms with van der Waals surface area (Å²) in [6.45, 7) is 4.27. The molecule has 2 aromatic carbocycles. The first-order valence-corrected chi connectivity index (χ1v) is 9.77. The molecule has 1 saturated heterocycles. The molecular weight excluding hydrogens is 423 g/mol. The monoisotopic (exact) mass is 452 g/mol. The minimum absolute atomic E-state index is 0. The number of likely N-dealkylation sites (tertiary alicyclic amines) is 1. The van der Waals surface area contributed by atoms with Crippen LogP contribution >= 0.6 is 24.8 Å². The third-order valence-electron chi connectivity index (χ3n) is 5.04. The molecule has 0 bridgehead atoms. The fourth-order valence-corrected chi connectivity index (χ4v) is 3.38. The summed E-state index contributed by atoms with van der Waals surface area (Å²) in [6, 6.07) is 13.9. The number of nitrogens with zero attached hydrogens (tertiary/aromatic N) is 1. The molecule has 1 heterocycles. The van der Waals surface area contributed by atoms with Gasteiger partial charge in [-0.2, -0.15) is 0 Å². The van der Waals surface area contributed by atoms with Gasteiger partial charge in [-0.25, -0.2) is 0 Å². The van der Waals surface area contributed by atoms with E-state index in [0.29, 0.717) is 17.9 Å². The number of aryl methyl sites for hydroxylation is 1. The Kier molecular flexibility index (Phi) is 10.8. The van der Waals surface area contributed by atoms with Gasteiger partial charge in [0.1, 0.15) is 6.04 Å². The van der Waals surface area contributed by atoms with Crippen LogP contribution in [0.4, 0.5) is 11.4 Å². The number of amides is 2. The van der Waals surface area contributed by atoms with Gasteiger partial charge in [0.15, 0.2) is 0 Å². The number of hydrogen-bond donors (Lipinski definition) is 3. The number of benzene rings is 2. The lowest BCUT2D eigenvalue weighted by Crippen LogP contribution is -2.36. The summed E-state index contributed by atoms with van der Waals surface area (Å²) in [6.07, 6.45) is 3.54. The molecule has 2 amide bonds. The number of rotatable bonds is 6. The summed E-state index contributed by atoms with van der Waals surface area (Å²) < 4.78 is 0. The molecule has 0 radical (unpaired) electrons. The van der Waals surface area contributed by atoms with E-state index < -0.39 is 6.04 Å². The fourth-order valence-electron chi connectivity index (χ4n) is 3.38. The van der Waals surface area contributed by atoms with Gasteiger partial charge in [-0.3, -0.25) is 14.5 Å². The van der Waals surface area contributed by atoms with E-state index in [2.05, 4.69) is 15.5 Å². The molecule has 3 rings (SSSR count). The number of piperidine rings is 1. The normalized spacial score (nSPS) is 14.6. The smallest absolute Gasteiger partial charge is 0.245 e. The maximum atomic E-state index is 12.5. The maximum Gasteiger partial charge on any atom is 0.245 e. The maximum absolute atomic E-state index is 12.5. The molecular formula is C22H30Cl2N4O2. The van der Waals surface area contributed by atoms with Gasteiger partial charge in [0.05, 0.1) is 6.54 Å². The molecule has 2 aromatic rings. The van der Waals surface area contributed by atoms with E-state index >= 15 is 0 Å². The third kappa shape index (κ3) is 7.29. The van der Waals surface area contributed by atoms with Crippen LogP contribution in [-0.4, -0.2) is 36.3 Å². The Labute approximate surface area is 190 Å². The van der Waals surface area contributed by atoms with Crippen LogP contribution in [0.25, 0.3) is 0 Å². The highest BCUT2D eigenvalue weighted by Gasteiger charge is 2.17. The quantitative estimate of drug-likeness (QED) is 0.619. The van der Waals surface area contributed by atoms with Gasteiger partial charge in [0, 0.05) is 11.4 Å². The van der Waals surface area contributed by atoms with Crippen molar-refractivity contribution in [3.8, 4) is 0 Å². The Morgan fingerprint density at radius 3 is 2.33 bits per heavy atom. The molecule has 1 aliphatic heterocycles. The summed E-state index contributed by atoms with van der Waals surface area (Å²) in [4.78, 5) is 27.0. The molecule has 164 valence electrons. The zero-order valence-corrected chi connectivity index (χ0v) is 18.7. The fraction of sp³-hybridized carbons (Fsp3) is 0.364. The number of anilines is 2. The highest BCUT2D eigenvalue weighted by molar-refractivity contribution is 5.97. The van der Waals surface area contributed by atoms with Crippen LogP contribution in [0.5, 0.6) is 0 Å². The first-order chi connectivity index (χ1) is 13.5. The second-order valence-corrected chi connectivity index (χ2v) is 7.29. The number of carbonyl (C=O) groups excluding carboxylic acids is 2. The Bertz CT molecular complexity index is 827. The molecule has 1 aliphatic rings. The van der Waals surface area contributed by atoms with Crippen LogP contribution in [0.1, 0.15) is 36.4 Å². The van der Waals surface area contributed by atoms with Crippen LogP contribution in [-0.2, 0) is 9.59 Å². The van der Waals surface area contributed by atoms with Crippen LogP contribution < -0.4 is 16.4 Å². The lowest BCUT2D eigenvalue weighted by Gasteiger charge is -2.25. The molecule has 0 spiro atoms. The van der Waals surface area contributed by atoms with E-state index in [-0.39, 0.29) is 36.6 Å². The van der Waals surface area contributed by atoms with Gasteiger partial charge in [-0.05, 0) is 56.1 Å². The minimum Gasteiger partial charge on any atom is -0.325 e. The highest BCUT2D eigenvalue weighted by Crippen LogP contribution is 2.22. The topological polar surface area (TPSA) is 87.5 Å². The molecule has 1 atom stereocenters. The van der Waals surface area contributed by atoms with Crippen LogP contribution in [0, 0.1) is 6.92 Å². The van der Waals surface area contributed by atoms with Gasteiger partial charge >= 0.3 is 0 Å². The van der Waals surface area contributed by atoms with Crippen molar-refractivity contribution in [1.29, 1.82) is 0 Å². The zero-order chi connectivity index (χ0) is 19.9. The average Bonchev–Trinajstić information content (AvgIpc) is 2.71. The SMILES string of the molecule is Cc1ccc(NC(=O)C(N)c2ccccc2)cc1NC(=O)CN1CCCCC1.Cl.Cl. The largest absolute Gasteiger partial charge is 0.325 e. The van der Waals surface area contributed by atoms with Crippen molar-refractivity contribution >= 4 is 48.0 Å². The van der Waals surface area contributed by atoms with Crippen molar-refractivity contribution in [2.45, 2.75) is 32.2 Å². The predicted molar refractivity (Wildman–Crippen MR) is 127 cm³/mol. The van der Waals surface area contributed by atoms with Gasteiger partial charge in [0.2, 0.25) is 11.8 Å². The second-order valence-electron chi connectivity index (χ2n) is 7.29. The molecule has 1 fully saturated rings. The summed E-state index contributed by atoms with van der Waals surface area (Å²) in [5, 5.41) is 5.81. The molecule has 4 N–H and O–H groups in total. The summed E-state index contributed by atoms with van der Waals surface area (Å²) in [5.41, 5.74) is 9.05. The molecule has 30 heavy (non-hydrogen) atoms. The number of hydrogen-bond acceptors (Lipinski definition) is 4. The predicted octanol–water partition coefficient (Wildman–Crippen LogP) is 3.90. The first kappa shape index (κ1) is 25.9. The third-order valence-corrected chi connectivity index (χ3v) is 5.04. The van der Waals surface area contributed by atoms with Crippen LogP contribution in [0.15, 0.2) is 48.5 Å². The lowest BCUT2D eigenvalue weighted by molar-refractivity contribution is -0.118. The molecule has 8 heteroatoms. The number of nitrogens with one attached hydrogen (secondary N) is 2. The summed E-state index contributed by atoms with van der Waals surface area (Å²) in [7, 11) is 0. The molecule has 6 nitrogen and oxygen atoms in total. The number of nitrogens with two attached hydrogens (primary N) is 1. The van der Waals surface area contributed by atoms with E-state index in [9.17, 15) is 9.59 Å². The van der Waals surface area contributed by atoms with Gasteiger partial charge in [0.25, 0.3) is 0 Å². The molecule has 1 unspecified atom stereocenters. The highest BCUT2D eigenvalue weighted by atomic mass is 35.5. The van der Waals surface area contributed by atoms with Crippen molar-refractivity contribution in [2.24, 2.45) is 5.73 Å². The van der Waals surface area contributed by atoms with Gasteiger partial charge in [-0.1, -0.05) is 42.8 Å². The van der Waals surface area contributed by atoms with E-state index in [1.807, 2.05) is 49.4 Å². The van der Waals surface area contributed by atoms with Crippen molar-refractivity contribution in [2.75, 3.05) is 30.3 Å². The van der Waals surface area contributed by atoms with Gasteiger partial charge < -0.3 is 16.4 Å². The molecule has 0 saturated carbocycles. The van der Waals surface area contributed by atoms with E-state index in [4.69, 9.17) is 5.73 Å². The zero-order valence-electron chi connectivity index (χ0n) is 17.1. The van der Waals surface area contributed by atoms with Crippen molar-refractivity contribution in [3.05, 3.63) is 59.7 Å². The molecule has 0 aromatic heterocycles. The summed E-state index contributed by atoms with van der Waals surface area (Å²) in [5.74, 6) is -0.324. The Morgan fingerprint density at radius 2 is 1.67 bits per heavy atom.